The number of carbonyl (C=O) groups is 1. The molecule has 0 saturated carbocycles. The van der Waals surface area contributed by atoms with Gasteiger partial charge in [0.25, 0.3) is 5.91 Å². The monoisotopic (exact) mass is 397 g/mol. The third kappa shape index (κ3) is 4.24. The summed E-state index contributed by atoms with van der Waals surface area (Å²) in [6, 6.07) is 6.41. The van der Waals surface area contributed by atoms with E-state index in [9.17, 15) is 4.79 Å². The topological polar surface area (TPSA) is 73.0 Å². The van der Waals surface area contributed by atoms with Crippen LogP contribution in [0.1, 0.15) is 24.0 Å². The molecule has 156 valence electrons. The van der Waals surface area contributed by atoms with E-state index in [-0.39, 0.29) is 12.0 Å². The fourth-order valence-electron chi connectivity index (χ4n) is 4.33. The number of nitrogens with zero attached hydrogens (tertiary/aromatic N) is 3. The predicted molar refractivity (Wildman–Crippen MR) is 115 cm³/mol. The molecule has 1 atom stereocenters. The standard InChI is InChI=1S/C22H31N5O2/c1-16-5-3-6-18-17(15-25-20(16)18)8-9-24-22(23-2)27-12-10-26(11-13-27)21(28)19-7-4-14-29-19/h3,5-6,15,19,25H,4,7-14H2,1-2H3,(H,23,24). The molecule has 2 aliphatic rings. The highest BCUT2D eigenvalue weighted by atomic mass is 16.5. The molecule has 29 heavy (non-hydrogen) atoms. The van der Waals surface area contributed by atoms with Crippen molar-refractivity contribution in [3.63, 3.8) is 0 Å². The molecule has 7 nitrogen and oxygen atoms in total. The van der Waals surface area contributed by atoms with Crippen molar-refractivity contribution in [1.29, 1.82) is 0 Å². The van der Waals surface area contributed by atoms with Gasteiger partial charge in [0.1, 0.15) is 6.10 Å². The first-order chi connectivity index (χ1) is 14.2. The first-order valence-electron chi connectivity index (χ1n) is 10.6. The second-order valence-corrected chi connectivity index (χ2v) is 7.85. The van der Waals surface area contributed by atoms with E-state index in [0.29, 0.717) is 6.61 Å². The number of guanidine groups is 1. The lowest BCUT2D eigenvalue weighted by atomic mass is 10.1. The summed E-state index contributed by atoms with van der Waals surface area (Å²) in [5.41, 5.74) is 3.81. The van der Waals surface area contributed by atoms with E-state index in [1.165, 1.54) is 22.0 Å². The Kier molecular flexibility index (Phi) is 6.04. The van der Waals surface area contributed by atoms with Crippen LogP contribution in [0.25, 0.3) is 10.9 Å². The van der Waals surface area contributed by atoms with Crippen molar-refractivity contribution >= 4 is 22.8 Å². The Morgan fingerprint density at radius 2 is 2.07 bits per heavy atom. The summed E-state index contributed by atoms with van der Waals surface area (Å²) in [7, 11) is 1.82. The number of hydrogen-bond donors (Lipinski definition) is 2. The van der Waals surface area contributed by atoms with Gasteiger partial charge in [0, 0.05) is 63.5 Å². The molecule has 0 radical (unpaired) electrons. The maximum absolute atomic E-state index is 12.5. The number of aromatic nitrogens is 1. The van der Waals surface area contributed by atoms with Gasteiger partial charge in [-0.3, -0.25) is 9.79 Å². The number of amides is 1. The van der Waals surface area contributed by atoms with E-state index in [2.05, 4.69) is 51.5 Å². The van der Waals surface area contributed by atoms with E-state index in [4.69, 9.17) is 4.74 Å². The maximum Gasteiger partial charge on any atom is 0.251 e. The van der Waals surface area contributed by atoms with Gasteiger partial charge in [-0.05, 0) is 37.3 Å². The van der Waals surface area contributed by atoms with E-state index in [1.807, 2.05) is 11.9 Å². The summed E-state index contributed by atoms with van der Waals surface area (Å²) in [6.45, 7) is 6.70. The van der Waals surface area contributed by atoms with E-state index < -0.39 is 0 Å². The lowest BCUT2D eigenvalue weighted by Gasteiger charge is -2.37. The number of nitrogens with one attached hydrogen (secondary N) is 2. The van der Waals surface area contributed by atoms with Crippen LogP contribution >= 0.6 is 0 Å². The summed E-state index contributed by atoms with van der Waals surface area (Å²) in [5.74, 6) is 1.06. The summed E-state index contributed by atoms with van der Waals surface area (Å²) in [4.78, 5) is 24.5. The van der Waals surface area contributed by atoms with E-state index in [1.54, 1.807) is 0 Å². The fourth-order valence-corrected chi connectivity index (χ4v) is 4.33. The summed E-state index contributed by atoms with van der Waals surface area (Å²) >= 11 is 0. The van der Waals surface area contributed by atoms with Crippen molar-refractivity contribution in [2.45, 2.75) is 32.3 Å². The van der Waals surface area contributed by atoms with Crippen molar-refractivity contribution in [2.75, 3.05) is 46.4 Å². The Labute approximate surface area is 172 Å². The van der Waals surface area contributed by atoms with Crippen LogP contribution < -0.4 is 5.32 Å². The average molecular weight is 398 g/mol. The van der Waals surface area contributed by atoms with Crippen LogP contribution in [0.2, 0.25) is 0 Å². The van der Waals surface area contributed by atoms with Gasteiger partial charge in [-0.2, -0.15) is 0 Å². The number of H-pyrrole nitrogens is 1. The molecule has 1 amide bonds. The molecule has 2 aliphatic heterocycles. The smallest absolute Gasteiger partial charge is 0.251 e. The number of carbonyl (C=O) groups excluding carboxylic acids is 1. The SMILES string of the molecule is CN=C(NCCc1c[nH]c2c(C)cccc12)N1CCN(C(=O)C2CCCO2)CC1. The predicted octanol–water partition coefficient (Wildman–Crippen LogP) is 1.92. The van der Waals surface area contributed by atoms with E-state index in [0.717, 1.165) is 57.9 Å². The zero-order chi connectivity index (χ0) is 20.2. The molecular formula is C22H31N5O2. The van der Waals surface area contributed by atoms with Crippen LogP contribution in [0.15, 0.2) is 29.4 Å². The third-order valence-corrected chi connectivity index (χ3v) is 5.99. The number of fused-ring (bicyclic) bond motifs is 1. The van der Waals surface area contributed by atoms with Crippen LogP contribution in [-0.4, -0.2) is 79.1 Å². The minimum absolute atomic E-state index is 0.153. The molecule has 2 saturated heterocycles. The second-order valence-electron chi connectivity index (χ2n) is 7.85. The van der Waals surface area contributed by atoms with Crippen molar-refractivity contribution in [3.8, 4) is 0 Å². The van der Waals surface area contributed by atoms with Gasteiger partial charge in [0.05, 0.1) is 0 Å². The Bertz CT molecular complexity index is 876. The Morgan fingerprint density at radius 1 is 1.28 bits per heavy atom. The van der Waals surface area contributed by atoms with Crippen LogP contribution in [0, 0.1) is 6.92 Å². The Morgan fingerprint density at radius 3 is 2.79 bits per heavy atom. The summed E-state index contributed by atoms with van der Waals surface area (Å²) in [6.07, 6.45) is 4.66. The molecule has 0 spiro atoms. The minimum Gasteiger partial charge on any atom is -0.368 e. The number of piperazine rings is 1. The Balaban J connectivity index is 1.27. The van der Waals surface area contributed by atoms with Gasteiger partial charge in [0.2, 0.25) is 0 Å². The molecule has 2 aromatic rings. The highest BCUT2D eigenvalue weighted by Gasteiger charge is 2.30. The van der Waals surface area contributed by atoms with Crippen molar-refractivity contribution in [3.05, 3.63) is 35.5 Å². The van der Waals surface area contributed by atoms with Gasteiger partial charge >= 0.3 is 0 Å². The molecular weight excluding hydrogens is 366 g/mol. The lowest BCUT2D eigenvalue weighted by molar-refractivity contribution is -0.142. The highest BCUT2D eigenvalue weighted by Crippen LogP contribution is 2.21. The van der Waals surface area contributed by atoms with Crippen molar-refractivity contribution in [1.82, 2.24) is 20.1 Å². The van der Waals surface area contributed by atoms with Gasteiger partial charge in [-0.15, -0.1) is 0 Å². The number of aromatic amines is 1. The fraction of sp³-hybridized carbons (Fsp3) is 0.545. The molecule has 4 rings (SSSR count). The lowest BCUT2D eigenvalue weighted by Crippen LogP contribution is -2.55. The second kappa shape index (κ2) is 8.86. The number of aryl methyl sites for hydroxylation is 1. The first-order valence-corrected chi connectivity index (χ1v) is 10.6. The number of para-hydroxylation sites is 1. The Hall–Kier alpha value is -2.54. The quantitative estimate of drug-likeness (QED) is 0.611. The van der Waals surface area contributed by atoms with Crippen molar-refractivity contribution in [2.24, 2.45) is 4.99 Å². The third-order valence-electron chi connectivity index (χ3n) is 5.99. The molecule has 2 N–H and O–H groups in total. The molecule has 1 aromatic heterocycles. The van der Waals surface area contributed by atoms with Gasteiger partial charge < -0.3 is 24.8 Å². The minimum atomic E-state index is -0.223. The zero-order valence-corrected chi connectivity index (χ0v) is 17.4. The number of hydrogen-bond acceptors (Lipinski definition) is 3. The van der Waals surface area contributed by atoms with Crippen LogP contribution in [0.5, 0.6) is 0 Å². The van der Waals surface area contributed by atoms with Gasteiger partial charge in [-0.1, -0.05) is 18.2 Å². The normalized spacial score (nSPS) is 20.5. The van der Waals surface area contributed by atoms with E-state index >= 15 is 0 Å². The molecule has 1 aromatic carbocycles. The summed E-state index contributed by atoms with van der Waals surface area (Å²) < 4.78 is 5.55. The molecule has 7 heteroatoms. The zero-order valence-electron chi connectivity index (χ0n) is 17.4. The van der Waals surface area contributed by atoms with Gasteiger partial charge in [0.15, 0.2) is 5.96 Å². The average Bonchev–Trinajstić information content (AvgIpc) is 3.42. The number of rotatable bonds is 4. The van der Waals surface area contributed by atoms with Crippen LogP contribution in [-0.2, 0) is 16.0 Å². The maximum atomic E-state index is 12.5. The van der Waals surface area contributed by atoms with Crippen LogP contribution in [0.4, 0.5) is 0 Å². The molecule has 0 aliphatic carbocycles. The number of benzene rings is 1. The van der Waals surface area contributed by atoms with Crippen molar-refractivity contribution < 1.29 is 9.53 Å². The van der Waals surface area contributed by atoms with Gasteiger partial charge in [-0.25, -0.2) is 0 Å². The molecule has 1 unspecified atom stereocenters. The molecule has 3 heterocycles. The van der Waals surface area contributed by atoms with Crippen LogP contribution in [0.3, 0.4) is 0 Å². The summed E-state index contributed by atoms with van der Waals surface area (Å²) in [5, 5.41) is 4.78. The largest absolute Gasteiger partial charge is 0.368 e. The molecule has 0 bridgehead atoms. The number of aliphatic imine (C=N–C) groups is 1. The molecule has 2 fully saturated rings. The highest BCUT2D eigenvalue weighted by molar-refractivity contribution is 5.86. The number of ether oxygens (including phenoxy) is 1. The first kappa shape index (κ1) is 19.8.